The second-order valence-electron chi connectivity index (χ2n) is 6.17. The van der Waals surface area contributed by atoms with Crippen molar-refractivity contribution in [3.05, 3.63) is 29.8 Å². The standard InChI is InChI=1S/C17H27N3O3/c1-13(21)18-8-7-16(22)17(23)14-3-5-15(6-4-14)20-11-9-19(2)10-12-20/h3-6,16-17,22-23H,7-12H2,1-2H3,(H,18,21). The van der Waals surface area contributed by atoms with Gasteiger partial charge in [0.15, 0.2) is 0 Å². The van der Waals surface area contributed by atoms with Gasteiger partial charge in [-0.05, 0) is 31.2 Å². The van der Waals surface area contributed by atoms with Crippen LogP contribution in [-0.2, 0) is 4.79 Å². The summed E-state index contributed by atoms with van der Waals surface area (Å²) in [5, 5.41) is 22.8. The minimum absolute atomic E-state index is 0.136. The van der Waals surface area contributed by atoms with Crippen LogP contribution in [0.5, 0.6) is 0 Å². The highest BCUT2D eigenvalue weighted by Crippen LogP contribution is 2.23. The number of benzene rings is 1. The molecule has 6 heteroatoms. The topological polar surface area (TPSA) is 76.0 Å². The molecule has 1 aliphatic heterocycles. The zero-order valence-corrected chi connectivity index (χ0v) is 13.9. The molecule has 23 heavy (non-hydrogen) atoms. The minimum Gasteiger partial charge on any atom is -0.390 e. The average Bonchev–Trinajstić information content (AvgIpc) is 2.54. The van der Waals surface area contributed by atoms with E-state index in [1.807, 2.05) is 24.3 Å². The summed E-state index contributed by atoms with van der Waals surface area (Å²) in [5.74, 6) is -0.136. The van der Waals surface area contributed by atoms with Gasteiger partial charge >= 0.3 is 0 Å². The van der Waals surface area contributed by atoms with E-state index in [0.717, 1.165) is 31.9 Å². The summed E-state index contributed by atoms with van der Waals surface area (Å²) in [6.07, 6.45) is -1.51. The van der Waals surface area contributed by atoms with Crippen LogP contribution in [0.15, 0.2) is 24.3 Å². The molecule has 1 saturated heterocycles. The van der Waals surface area contributed by atoms with Crippen molar-refractivity contribution in [3.8, 4) is 0 Å². The fourth-order valence-electron chi connectivity index (χ4n) is 2.72. The van der Waals surface area contributed by atoms with Gasteiger partial charge in [0.05, 0.1) is 6.10 Å². The zero-order valence-electron chi connectivity index (χ0n) is 13.9. The number of amides is 1. The quantitative estimate of drug-likeness (QED) is 0.705. The summed E-state index contributed by atoms with van der Waals surface area (Å²) in [6, 6.07) is 7.70. The maximum absolute atomic E-state index is 10.8. The molecule has 1 aliphatic rings. The normalized spacial score (nSPS) is 18.5. The number of nitrogens with one attached hydrogen (secondary N) is 1. The lowest BCUT2D eigenvalue weighted by molar-refractivity contribution is -0.119. The molecule has 2 rings (SSSR count). The van der Waals surface area contributed by atoms with Crippen molar-refractivity contribution in [2.45, 2.75) is 25.6 Å². The third kappa shape index (κ3) is 5.20. The maximum Gasteiger partial charge on any atom is 0.216 e. The summed E-state index contributed by atoms with van der Waals surface area (Å²) < 4.78 is 0. The lowest BCUT2D eigenvalue weighted by Gasteiger charge is -2.34. The van der Waals surface area contributed by atoms with E-state index in [4.69, 9.17) is 0 Å². The van der Waals surface area contributed by atoms with Crippen LogP contribution < -0.4 is 10.2 Å². The first kappa shape index (κ1) is 17.7. The highest BCUT2D eigenvalue weighted by molar-refractivity contribution is 5.72. The summed E-state index contributed by atoms with van der Waals surface area (Å²) in [7, 11) is 2.12. The van der Waals surface area contributed by atoms with Crippen LogP contribution in [0.25, 0.3) is 0 Å². The fourth-order valence-corrected chi connectivity index (χ4v) is 2.72. The van der Waals surface area contributed by atoms with Crippen molar-refractivity contribution in [2.24, 2.45) is 0 Å². The molecule has 1 amide bonds. The van der Waals surface area contributed by atoms with Crippen molar-refractivity contribution in [2.75, 3.05) is 44.7 Å². The monoisotopic (exact) mass is 321 g/mol. The van der Waals surface area contributed by atoms with Crippen molar-refractivity contribution < 1.29 is 15.0 Å². The highest BCUT2D eigenvalue weighted by atomic mass is 16.3. The molecule has 1 aromatic carbocycles. The van der Waals surface area contributed by atoms with Gasteiger partial charge in [-0.2, -0.15) is 0 Å². The Hall–Kier alpha value is -1.63. The van der Waals surface area contributed by atoms with Crippen LogP contribution in [0.4, 0.5) is 5.69 Å². The van der Waals surface area contributed by atoms with Gasteiger partial charge in [-0.15, -0.1) is 0 Å². The summed E-state index contributed by atoms with van der Waals surface area (Å²) in [4.78, 5) is 15.4. The molecule has 0 bridgehead atoms. The van der Waals surface area contributed by atoms with Crippen LogP contribution in [0, 0.1) is 0 Å². The Kier molecular flexibility index (Phi) is 6.38. The molecule has 2 atom stereocenters. The number of rotatable bonds is 6. The number of hydrogen-bond donors (Lipinski definition) is 3. The molecule has 3 N–H and O–H groups in total. The molecule has 6 nitrogen and oxygen atoms in total. The van der Waals surface area contributed by atoms with Gasteiger partial charge in [0.2, 0.25) is 5.91 Å². The molecule has 128 valence electrons. The van der Waals surface area contributed by atoms with Gasteiger partial charge in [-0.25, -0.2) is 0 Å². The second kappa shape index (κ2) is 8.29. The van der Waals surface area contributed by atoms with Gasteiger partial charge in [-0.1, -0.05) is 12.1 Å². The Morgan fingerprint density at radius 2 is 1.78 bits per heavy atom. The molecule has 1 heterocycles. The maximum atomic E-state index is 10.8. The molecule has 0 aliphatic carbocycles. The number of anilines is 1. The number of likely N-dealkylation sites (N-methyl/N-ethyl adjacent to an activating group) is 1. The summed E-state index contributed by atoms with van der Waals surface area (Å²) in [6.45, 7) is 5.88. The van der Waals surface area contributed by atoms with Crippen LogP contribution in [0.2, 0.25) is 0 Å². The second-order valence-corrected chi connectivity index (χ2v) is 6.17. The van der Waals surface area contributed by atoms with Crippen molar-refractivity contribution in [1.82, 2.24) is 10.2 Å². The molecule has 0 aromatic heterocycles. The number of hydrogen-bond acceptors (Lipinski definition) is 5. The Labute approximate surface area is 137 Å². The van der Waals surface area contributed by atoms with E-state index < -0.39 is 12.2 Å². The Morgan fingerprint density at radius 1 is 1.17 bits per heavy atom. The molecule has 0 spiro atoms. The Bertz CT molecular complexity index is 498. The molecular formula is C17H27N3O3. The molecule has 1 fully saturated rings. The van der Waals surface area contributed by atoms with E-state index in [9.17, 15) is 15.0 Å². The third-order valence-electron chi connectivity index (χ3n) is 4.28. The lowest BCUT2D eigenvalue weighted by Crippen LogP contribution is -2.44. The van der Waals surface area contributed by atoms with Gasteiger partial charge in [0, 0.05) is 45.3 Å². The van der Waals surface area contributed by atoms with E-state index in [0.29, 0.717) is 18.5 Å². The lowest BCUT2D eigenvalue weighted by atomic mass is 10.0. The summed E-state index contributed by atoms with van der Waals surface area (Å²) in [5.41, 5.74) is 1.83. The van der Waals surface area contributed by atoms with Crippen LogP contribution in [-0.4, -0.2) is 66.9 Å². The van der Waals surface area contributed by atoms with E-state index in [1.165, 1.54) is 6.92 Å². The van der Waals surface area contributed by atoms with Gasteiger partial charge in [0.1, 0.15) is 6.10 Å². The Balaban J connectivity index is 1.89. The molecule has 0 saturated carbocycles. The predicted molar refractivity (Wildman–Crippen MR) is 90.4 cm³/mol. The van der Waals surface area contributed by atoms with E-state index >= 15 is 0 Å². The van der Waals surface area contributed by atoms with Crippen LogP contribution >= 0.6 is 0 Å². The van der Waals surface area contributed by atoms with Crippen LogP contribution in [0.1, 0.15) is 25.0 Å². The molecule has 0 radical (unpaired) electrons. The SMILES string of the molecule is CC(=O)NCCC(O)C(O)c1ccc(N2CCN(C)CC2)cc1. The largest absolute Gasteiger partial charge is 0.390 e. The number of aliphatic hydroxyl groups is 2. The van der Waals surface area contributed by atoms with Crippen molar-refractivity contribution in [1.29, 1.82) is 0 Å². The minimum atomic E-state index is -0.940. The van der Waals surface area contributed by atoms with Crippen molar-refractivity contribution in [3.63, 3.8) is 0 Å². The first-order chi connectivity index (χ1) is 11.0. The number of aliphatic hydroxyl groups excluding tert-OH is 2. The van der Waals surface area contributed by atoms with Gasteiger partial charge < -0.3 is 25.3 Å². The Morgan fingerprint density at radius 3 is 2.35 bits per heavy atom. The molecule has 1 aromatic rings. The smallest absolute Gasteiger partial charge is 0.216 e. The zero-order chi connectivity index (χ0) is 16.8. The highest BCUT2D eigenvalue weighted by Gasteiger charge is 2.19. The van der Waals surface area contributed by atoms with Crippen LogP contribution in [0.3, 0.4) is 0 Å². The number of carbonyl (C=O) groups is 1. The number of nitrogens with zero attached hydrogens (tertiary/aromatic N) is 2. The summed E-state index contributed by atoms with van der Waals surface area (Å²) >= 11 is 0. The third-order valence-corrected chi connectivity index (χ3v) is 4.28. The number of carbonyl (C=O) groups excluding carboxylic acids is 1. The molecule has 2 unspecified atom stereocenters. The van der Waals surface area contributed by atoms with E-state index in [1.54, 1.807) is 0 Å². The first-order valence-corrected chi connectivity index (χ1v) is 8.11. The van der Waals surface area contributed by atoms with Crippen molar-refractivity contribution >= 4 is 11.6 Å². The fraction of sp³-hybridized carbons (Fsp3) is 0.588. The predicted octanol–water partition coefficient (Wildman–Crippen LogP) is 0.359. The van der Waals surface area contributed by atoms with E-state index in [2.05, 4.69) is 22.2 Å². The first-order valence-electron chi connectivity index (χ1n) is 8.11. The molecular weight excluding hydrogens is 294 g/mol. The van der Waals surface area contributed by atoms with Gasteiger partial charge in [0.25, 0.3) is 0 Å². The van der Waals surface area contributed by atoms with E-state index in [-0.39, 0.29) is 5.91 Å². The average molecular weight is 321 g/mol. The van der Waals surface area contributed by atoms with Gasteiger partial charge in [-0.3, -0.25) is 4.79 Å². The number of piperazine rings is 1.